The second kappa shape index (κ2) is 9.17. The third-order valence-corrected chi connectivity index (χ3v) is 7.25. The summed E-state index contributed by atoms with van der Waals surface area (Å²) in [5.41, 5.74) is 0.309. The van der Waals surface area contributed by atoms with Crippen LogP contribution >= 0.6 is 0 Å². The predicted octanol–water partition coefficient (Wildman–Crippen LogP) is 0.980. The number of fused-ring (bicyclic) bond motifs is 5. The Morgan fingerprint density at radius 3 is 2.82 bits per heavy atom. The fraction of sp³-hybridized carbons (Fsp3) is 0.259. The van der Waals surface area contributed by atoms with E-state index in [0.717, 1.165) is 15.5 Å². The SMILES string of the molecule is CC[C@@]1(O)C(=O)OCc2c1cc1n(c2=O)Cc2c-1nc1ccccc1c2/C=N/OCCn1c(=O)cc[nH]c1=O. The first-order valence-electron chi connectivity index (χ1n) is 12.4. The molecule has 0 spiro atoms. The van der Waals surface area contributed by atoms with Crippen LogP contribution in [0, 0.1) is 0 Å². The van der Waals surface area contributed by atoms with Crippen molar-refractivity contribution in [2.75, 3.05) is 6.61 Å². The van der Waals surface area contributed by atoms with Gasteiger partial charge in [0.2, 0.25) is 0 Å². The zero-order valence-corrected chi connectivity index (χ0v) is 20.8. The van der Waals surface area contributed by atoms with Gasteiger partial charge in [-0.05, 0) is 18.6 Å². The minimum absolute atomic E-state index is 0.00899. The highest BCUT2D eigenvalue weighted by molar-refractivity contribution is 6.02. The van der Waals surface area contributed by atoms with Crippen molar-refractivity contribution in [3.63, 3.8) is 0 Å². The Kier molecular flexibility index (Phi) is 5.76. The number of aromatic nitrogens is 4. The number of nitrogens with one attached hydrogen (secondary N) is 1. The van der Waals surface area contributed by atoms with Gasteiger partial charge >= 0.3 is 11.7 Å². The number of cyclic esters (lactones) is 1. The number of hydrogen-bond acceptors (Lipinski definition) is 9. The molecule has 12 nitrogen and oxygen atoms in total. The Balaban J connectivity index is 1.40. The van der Waals surface area contributed by atoms with Gasteiger partial charge in [0.05, 0.1) is 41.8 Å². The summed E-state index contributed by atoms with van der Waals surface area (Å²) in [5.74, 6) is -0.781. The molecule has 3 aromatic heterocycles. The number of nitrogens with zero attached hydrogens (tertiary/aromatic N) is 4. The molecule has 0 saturated heterocycles. The highest BCUT2D eigenvalue weighted by atomic mass is 16.6. The molecule has 12 heteroatoms. The first kappa shape index (κ1) is 24.5. The summed E-state index contributed by atoms with van der Waals surface area (Å²) >= 11 is 0. The van der Waals surface area contributed by atoms with Crippen LogP contribution in [-0.2, 0) is 39.7 Å². The fourth-order valence-corrected chi connectivity index (χ4v) is 5.15. The van der Waals surface area contributed by atoms with Gasteiger partial charge in [0.25, 0.3) is 11.1 Å². The zero-order chi connectivity index (χ0) is 27.3. The number of para-hydroxylation sites is 1. The van der Waals surface area contributed by atoms with Crippen LogP contribution in [0.25, 0.3) is 22.3 Å². The lowest BCUT2D eigenvalue weighted by molar-refractivity contribution is -0.172. The summed E-state index contributed by atoms with van der Waals surface area (Å²) in [6.45, 7) is 1.62. The highest BCUT2D eigenvalue weighted by Gasteiger charge is 2.45. The van der Waals surface area contributed by atoms with Gasteiger partial charge < -0.3 is 24.2 Å². The molecule has 0 bridgehead atoms. The number of rotatable bonds is 6. The van der Waals surface area contributed by atoms with E-state index < -0.39 is 22.8 Å². The van der Waals surface area contributed by atoms with Crippen molar-refractivity contribution in [1.29, 1.82) is 0 Å². The zero-order valence-electron chi connectivity index (χ0n) is 20.8. The summed E-state index contributed by atoms with van der Waals surface area (Å²) in [6.07, 6.45) is 2.85. The Labute approximate surface area is 219 Å². The number of carbonyl (C=O) groups is 1. The van der Waals surface area contributed by atoms with E-state index in [1.54, 1.807) is 17.6 Å². The normalized spacial score (nSPS) is 17.6. The Hall–Kier alpha value is -4.84. The first-order chi connectivity index (χ1) is 18.8. The Bertz CT molecular complexity index is 1840. The average Bonchev–Trinajstić information content (AvgIpc) is 3.30. The van der Waals surface area contributed by atoms with Gasteiger partial charge in [-0.2, -0.15) is 0 Å². The van der Waals surface area contributed by atoms with E-state index in [4.69, 9.17) is 14.6 Å². The number of esters is 1. The van der Waals surface area contributed by atoms with Crippen LogP contribution in [0.1, 0.15) is 35.6 Å². The smallest absolute Gasteiger partial charge is 0.343 e. The van der Waals surface area contributed by atoms with E-state index in [0.29, 0.717) is 22.5 Å². The summed E-state index contributed by atoms with van der Waals surface area (Å²) in [4.78, 5) is 62.3. The van der Waals surface area contributed by atoms with Gasteiger partial charge in [0.1, 0.15) is 13.2 Å². The van der Waals surface area contributed by atoms with E-state index in [-0.39, 0.29) is 49.4 Å². The molecule has 2 aliphatic heterocycles. The van der Waals surface area contributed by atoms with Crippen molar-refractivity contribution in [3.05, 3.63) is 96.0 Å². The highest BCUT2D eigenvalue weighted by Crippen LogP contribution is 2.39. The number of benzene rings is 1. The van der Waals surface area contributed by atoms with Crippen molar-refractivity contribution in [1.82, 2.24) is 19.1 Å². The molecular weight excluding hydrogens is 506 g/mol. The standard InChI is InChI=1S/C27H23N5O7/c1-2-27(37)19-11-21-23-17(13-32(21)24(34)18(19)14-38-25(27)35)16(15-5-3-4-6-20(15)30-23)12-29-39-10-9-31-22(33)7-8-28-26(31)36/h3-8,11-12,37H,2,9-10,13-14H2,1H3,(H,28,36)/b29-12+/t27-/m0/s1. The second-order valence-electron chi connectivity index (χ2n) is 9.31. The number of pyridine rings is 2. The number of ether oxygens (including phenoxy) is 1. The molecular formula is C27H23N5O7. The summed E-state index contributed by atoms with van der Waals surface area (Å²) < 4.78 is 7.70. The monoisotopic (exact) mass is 529 g/mol. The van der Waals surface area contributed by atoms with Crippen molar-refractivity contribution >= 4 is 23.1 Å². The van der Waals surface area contributed by atoms with Crippen molar-refractivity contribution in [2.45, 2.75) is 38.6 Å². The summed E-state index contributed by atoms with van der Waals surface area (Å²) in [6, 6.07) is 10.3. The average molecular weight is 530 g/mol. The predicted molar refractivity (Wildman–Crippen MR) is 139 cm³/mol. The van der Waals surface area contributed by atoms with Gasteiger partial charge in [-0.25, -0.2) is 14.6 Å². The van der Waals surface area contributed by atoms with E-state index in [2.05, 4.69) is 10.1 Å². The van der Waals surface area contributed by atoms with Crippen molar-refractivity contribution in [3.8, 4) is 11.4 Å². The molecule has 2 N–H and O–H groups in total. The first-order valence-corrected chi connectivity index (χ1v) is 12.4. The third-order valence-electron chi connectivity index (χ3n) is 7.25. The van der Waals surface area contributed by atoms with Gasteiger partial charge in [-0.15, -0.1) is 0 Å². The molecule has 0 radical (unpaired) electrons. The van der Waals surface area contributed by atoms with Crippen molar-refractivity contribution in [2.24, 2.45) is 5.16 Å². The molecule has 1 atom stereocenters. The molecule has 0 saturated carbocycles. The molecule has 0 amide bonds. The van der Waals surface area contributed by atoms with Gasteiger partial charge in [-0.3, -0.25) is 14.2 Å². The van der Waals surface area contributed by atoms with Crippen LogP contribution in [0.4, 0.5) is 0 Å². The van der Waals surface area contributed by atoms with Gasteiger partial charge in [0, 0.05) is 34.3 Å². The van der Waals surface area contributed by atoms with Crippen LogP contribution in [0.5, 0.6) is 0 Å². The molecule has 5 heterocycles. The molecule has 1 aromatic carbocycles. The third kappa shape index (κ3) is 3.79. The number of oxime groups is 1. The molecule has 0 aliphatic carbocycles. The van der Waals surface area contributed by atoms with Gasteiger partial charge in [-0.1, -0.05) is 30.3 Å². The lowest BCUT2D eigenvalue weighted by Gasteiger charge is -2.31. The Morgan fingerprint density at radius 1 is 1.21 bits per heavy atom. The minimum atomic E-state index is -1.91. The van der Waals surface area contributed by atoms with E-state index in [9.17, 15) is 24.3 Å². The topological polar surface area (TPSA) is 158 Å². The van der Waals surface area contributed by atoms with E-state index in [1.165, 1.54) is 18.5 Å². The minimum Gasteiger partial charge on any atom is -0.458 e. The largest absolute Gasteiger partial charge is 0.458 e. The maximum Gasteiger partial charge on any atom is 0.343 e. The van der Waals surface area contributed by atoms with E-state index in [1.807, 2.05) is 24.3 Å². The molecule has 6 rings (SSSR count). The summed E-state index contributed by atoms with van der Waals surface area (Å²) in [7, 11) is 0. The van der Waals surface area contributed by atoms with E-state index >= 15 is 0 Å². The fourth-order valence-electron chi connectivity index (χ4n) is 5.15. The maximum absolute atomic E-state index is 13.5. The second-order valence-corrected chi connectivity index (χ2v) is 9.31. The van der Waals surface area contributed by atoms with Crippen LogP contribution in [0.2, 0.25) is 0 Å². The van der Waals surface area contributed by atoms with Crippen LogP contribution in [0.3, 0.4) is 0 Å². The van der Waals surface area contributed by atoms with Gasteiger partial charge in [0.15, 0.2) is 5.60 Å². The number of carbonyl (C=O) groups excluding carboxylic acids is 1. The maximum atomic E-state index is 13.5. The quantitative estimate of drug-likeness (QED) is 0.143. The van der Waals surface area contributed by atoms with Crippen LogP contribution < -0.4 is 16.8 Å². The lowest BCUT2D eigenvalue weighted by atomic mass is 9.86. The number of aromatic amines is 1. The number of hydrogen-bond donors (Lipinski definition) is 2. The molecule has 198 valence electrons. The molecule has 0 fully saturated rings. The number of aliphatic hydroxyl groups is 1. The number of H-pyrrole nitrogens is 1. The van der Waals surface area contributed by atoms with Crippen LogP contribution in [-0.4, -0.2) is 43.0 Å². The molecule has 2 aliphatic rings. The Morgan fingerprint density at radius 2 is 2.03 bits per heavy atom. The van der Waals surface area contributed by atoms with Crippen LogP contribution in [0.15, 0.2) is 62.1 Å². The summed E-state index contributed by atoms with van der Waals surface area (Å²) in [5, 5.41) is 16.0. The lowest BCUT2D eigenvalue weighted by Crippen LogP contribution is -2.44. The molecule has 0 unspecified atom stereocenters. The van der Waals surface area contributed by atoms with Crippen molar-refractivity contribution < 1.29 is 19.5 Å². The molecule has 39 heavy (non-hydrogen) atoms. The molecule has 4 aromatic rings.